The molecule has 5 fully saturated rings. The van der Waals surface area contributed by atoms with Crippen LogP contribution in [0.15, 0.2) is 76.8 Å². The number of sulfonamides is 2. The first kappa shape index (κ1) is 114. The van der Waals surface area contributed by atoms with E-state index in [0.717, 1.165) is 34.6 Å². The first-order chi connectivity index (χ1) is 57.6. The van der Waals surface area contributed by atoms with Gasteiger partial charge in [0, 0.05) is 31.5 Å². The SMILES string of the molecule is CC(=O)C1(CF)CC=C(B2OC(C)(C)C(C)(C)O2)CC1.CC(=O)C1(CF)CC=C(OS(=O)(=O)C(F)(F)F)CC1.CC(=O)C1(CF)CCC(=O)CC1.CC(=O)[C@@]1(CF)CC=C(B2OC(C)(C)C(C)(C)O2)CC1.CC(=O)[C@]1(CF)CC=C(B2OC(C)(C)C(C)(C)O2)CC1.CC(C)OB(OC(C)C)B1OC(C)(C)C(C)(C)O1.CS(=O)(=O)N(c1ccccc1)S(=O)(=O)C(F)(F)F. The minimum absolute atomic E-state index is 0.0628. The van der Waals surface area contributed by atoms with Crippen molar-refractivity contribution in [2.24, 2.45) is 27.1 Å². The lowest BCUT2D eigenvalue weighted by molar-refractivity contribution is -0.133. The van der Waals surface area contributed by atoms with Gasteiger partial charge >= 0.3 is 66.5 Å². The van der Waals surface area contributed by atoms with Gasteiger partial charge in [-0.3, -0.25) is 33.2 Å². The highest BCUT2D eigenvalue weighted by Crippen LogP contribution is 2.49. The smallest absolute Gasteiger partial charge is 0.411 e. The summed E-state index contributed by atoms with van der Waals surface area (Å²) < 4.78 is 268. The Balaban J connectivity index is 0.000000312. The third-order valence-electron chi connectivity index (χ3n) is 26.5. The van der Waals surface area contributed by atoms with Gasteiger partial charge in [0.15, 0.2) is 0 Å². The summed E-state index contributed by atoms with van der Waals surface area (Å²) in [6.45, 7) is 43.8. The Morgan fingerprint density at radius 3 is 0.882 bits per heavy atom. The highest BCUT2D eigenvalue weighted by molar-refractivity contribution is 8.10. The molecule has 4 aliphatic heterocycles. The van der Waals surface area contributed by atoms with Crippen molar-refractivity contribution < 1.29 is 153 Å². The predicted octanol–water partition coefficient (Wildman–Crippen LogP) is 17.8. The lowest BCUT2D eigenvalue weighted by Crippen LogP contribution is -2.46. The number of ketones is 6. The van der Waals surface area contributed by atoms with Crippen LogP contribution in [0.25, 0.3) is 0 Å². The number of Topliss-reactive ketones (excluding diaryl/α,β-unsaturated/α-hetero) is 6. The number of para-hydroxylation sites is 1. The van der Waals surface area contributed by atoms with E-state index in [2.05, 4.69) is 4.18 Å². The van der Waals surface area contributed by atoms with Gasteiger partial charge in [-0.05, 0) is 291 Å². The van der Waals surface area contributed by atoms with Crippen LogP contribution in [0.3, 0.4) is 0 Å². The summed E-state index contributed by atoms with van der Waals surface area (Å²) in [4.78, 5) is 68.2. The first-order valence-electron chi connectivity index (χ1n) is 42.3. The third-order valence-corrected chi connectivity index (χ3v) is 31.0. The summed E-state index contributed by atoms with van der Waals surface area (Å²) in [7, 11) is -18.4. The predicted molar refractivity (Wildman–Crippen MR) is 464 cm³/mol. The number of hydrogen-bond donors (Lipinski definition) is 0. The van der Waals surface area contributed by atoms with E-state index in [1.807, 2.05) is 157 Å². The molecule has 43 heteroatoms. The average molecular weight is 1880 g/mol. The van der Waals surface area contributed by atoms with Gasteiger partial charge in [0.25, 0.3) is 0 Å². The quantitative estimate of drug-likeness (QED) is 0.0425. The second-order valence-electron chi connectivity index (χ2n) is 38.6. The lowest BCUT2D eigenvalue weighted by Gasteiger charge is -2.32. The number of rotatable bonds is 23. The zero-order chi connectivity index (χ0) is 98.0. The summed E-state index contributed by atoms with van der Waals surface area (Å²) in [5.74, 6) is -0.998. The Labute approximate surface area is 746 Å². The van der Waals surface area contributed by atoms with Crippen LogP contribution in [0.5, 0.6) is 0 Å². The Hall–Kier alpha value is -5.20. The number of anilines is 1. The number of nitrogens with zero attached hydrogens (tertiary/aromatic N) is 1. The molecule has 4 heterocycles. The molecule has 2 unspecified atom stereocenters. The monoisotopic (exact) mass is 1880 g/mol. The fourth-order valence-corrected chi connectivity index (χ4v) is 17.4. The number of hydrogen-bond acceptors (Lipinski definition) is 23. The van der Waals surface area contributed by atoms with E-state index in [1.165, 1.54) is 52.8 Å². The van der Waals surface area contributed by atoms with Crippen molar-refractivity contribution in [3.05, 3.63) is 76.8 Å². The van der Waals surface area contributed by atoms with E-state index in [1.54, 1.807) is 0 Å². The van der Waals surface area contributed by atoms with Gasteiger partial charge in [-0.25, -0.2) is 26.0 Å². The van der Waals surface area contributed by atoms with Gasteiger partial charge in [0.2, 0.25) is 10.0 Å². The molecule has 0 amide bonds. The van der Waals surface area contributed by atoms with Crippen LogP contribution in [0, 0.1) is 27.1 Å². The molecule has 1 aromatic carbocycles. The fraction of sp³-hybridized carbons (Fsp3) is 0.762. The summed E-state index contributed by atoms with van der Waals surface area (Å²) in [6.07, 6.45) is 13.3. The van der Waals surface area contributed by atoms with Crippen molar-refractivity contribution in [3.8, 4) is 0 Å². The Morgan fingerprint density at radius 1 is 0.409 bits per heavy atom. The lowest BCUT2D eigenvalue weighted by atomic mass is 9.48. The summed E-state index contributed by atoms with van der Waals surface area (Å²) in [6, 6.07) is 5.75. The van der Waals surface area contributed by atoms with Crippen molar-refractivity contribution >= 4 is 106 Å². The van der Waals surface area contributed by atoms with Gasteiger partial charge in [0.05, 0.1) is 83.8 Å². The largest absolute Gasteiger partial charge is 0.534 e. The maximum absolute atomic E-state index is 13.2. The number of carbonyl (C=O) groups excluding carboxylic acids is 6. The van der Waals surface area contributed by atoms with E-state index >= 15 is 0 Å². The summed E-state index contributed by atoms with van der Waals surface area (Å²) in [5, 5.41) is 0. The average Bonchev–Trinajstić information content (AvgIpc) is 1.66. The van der Waals surface area contributed by atoms with Crippen LogP contribution >= 0.6 is 0 Å². The molecule has 4 atom stereocenters. The van der Waals surface area contributed by atoms with E-state index in [9.17, 15) is 102 Å². The van der Waals surface area contributed by atoms with Crippen LogP contribution in [-0.4, -0.2) is 203 Å². The topological polar surface area (TPSA) is 310 Å². The molecule has 0 bridgehead atoms. The Morgan fingerprint density at radius 2 is 0.669 bits per heavy atom. The van der Waals surface area contributed by atoms with E-state index in [0.29, 0.717) is 89.7 Å². The molecule has 0 radical (unpaired) electrons. The van der Waals surface area contributed by atoms with Gasteiger partial charge in [-0.1, -0.05) is 36.4 Å². The first-order valence-corrected chi connectivity index (χ1v) is 47.0. The van der Waals surface area contributed by atoms with Crippen molar-refractivity contribution in [2.75, 3.05) is 43.3 Å². The molecule has 1 saturated carbocycles. The minimum atomic E-state index is -6.00. The number of benzene rings is 1. The Bertz CT molecular complexity index is 4210. The van der Waals surface area contributed by atoms with Crippen molar-refractivity contribution in [2.45, 2.75) is 344 Å². The molecular formula is C84H131B5F11NO23S3. The zero-order valence-corrected chi connectivity index (χ0v) is 80.8. The number of carbonyl (C=O) groups is 6. The minimum Gasteiger partial charge on any atom is -0.411 e. The van der Waals surface area contributed by atoms with E-state index in [4.69, 9.17) is 46.5 Å². The molecule has 127 heavy (non-hydrogen) atoms. The number of alkyl halides is 11. The second kappa shape index (κ2) is 43.0. The van der Waals surface area contributed by atoms with Crippen LogP contribution < -0.4 is 3.71 Å². The maximum Gasteiger partial charge on any atom is 0.534 e. The zero-order valence-electron chi connectivity index (χ0n) is 78.3. The van der Waals surface area contributed by atoms with Gasteiger partial charge in [-0.15, -0.1) is 0 Å². The molecule has 4 saturated heterocycles. The molecule has 5 aliphatic carbocycles. The normalized spacial score (nSPS) is 26.0. The van der Waals surface area contributed by atoms with Crippen LogP contribution in [-0.2, 0) is 110 Å². The van der Waals surface area contributed by atoms with Crippen molar-refractivity contribution in [1.82, 2.24) is 0 Å². The molecule has 9 aliphatic rings. The van der Waals surface area contributed by atoms with E-state index in [-0.39, 0.29) is 127 Å². The van der Waals surface area contributed by atoms with Crippen molar-refractivity contribution in [3.63, 3.8) is 0 Å². The van der Waals surface area contributed by atoms with Crippen molar-refractivity contribution in [1.29, 1.82) is 0 Å². The molecule has 1 aromatic rings. The molecule has 720 valence electrons. The fourth-order valence-electron chi connectivity index (χ4n) is 14.1. The molecular weight excluding hydrogens is 1750 g/mol. The molecule has 0 aromatic heterocycles. The Kier molecular flexibility index (Phi) is 38.6. The van der Waals surface area contributed by atoms with E-state index < -0.39 is 137 Å². The number of allylic oxidation sites excluding steroid dienone is 8. The summed E-state index contributed by atoms with van der Waals surface area (Å²) >= 11 is 0. The van der Waals surface area contributed by atoms with Crippen LogP contribution in [0.2, 0.25) is 0 Å². The van der Waals surface area contributed by atoms with Crippen LogP contribution in [0.1, 0.15) is 276 Å². The van der Waals surface area contributed by atoms with Crippen LogP contribution in [0.4, 0.5) is 54.0 Å². The standard InChI is InChI=1S/3C15H24BFO3.C12H26B2O4.C10H12F4O4S.C9H13FO2.C8H8F3NO4S2/c3*1-11(18)15(10-17)8-6-12(7-9-15)16-19-13(2,3)14(4,5)20-16;1-9(2)15-13(16-10(3)4)14-17-11(5,6)12(7,8)18-14;1-7(15)9(6-11)4-2-8(3-5-9)18-19(16,17)10(12,13)14;1-7(11)9(6-10)4-2-8(12)3-5-9;1-17(13,14)12(7-5-3-2-4-6-7)18(15,16)8(9,10)11/h3*6H,7-10H2,1-5H3;9-10H,1-8H3;2H,3-6H2,1H3;2-6H2,1H3;2-6H,1H3/t2*15-;;;;;/m10...../s1. The van der Waals surface area contributed by atoms with Gasteiger partial charge < -0.3 is 50.7 Å². The third kappa shape index (κ3) is 28.0. The van der Waals surface area contributed by atoms with Gasteiger partial charge in [0.1, 0.15) is 73.8 Å². The molecule has 24 nitrogen and oxygen atoms in total. The molecule has 0 N–H and O–H groups in total. The highest BCUT2D eigenvalue weighted by atomic mass is 32.3. The molecule has 0 spiro atoms. The highest BCUT2D eigenvalue weighted by Gasteiger charge is 2.61. The maximum atomic E-state index is 13.2. The number of halogens is 11. The molecule has 10 rings (SSSR count). The second-order valence-corrected chi connectivity index (χ2v) is 43.9. The van der Waals surface area contributed by atoms with Gasteiger partial charge in [-0.2, -0.15) is 46.9 Å². The summed E-state index contributed by atoms with van der Waals surface area (Å²) in [5.41, 5.74) is -16.2.